The van der Waals surface area contributed by atoms with Crippen LogP contribution in [0, 0.1) is 11.3 Å². The summed E-state index contributed by atoms with van der Waals surface area (Å²) in [5.74, 6) is -1.52. The van der Waals surface area contributed by atoms with Gasteiger partial charge in [0.25, 0.3) is 5.91 Å². The Morgan fingerprint density at radius 3 is 2.37 bits per heavy atom. The smallest absolute Gasteiger partial charge is 0.340 e. The van der Waals surface area contributed by atoms with Crippen LogP contribution < -0.4 is 5.32 Å². The third kappa shape index (κ3) is 5.29. The molecule has 27 heavy (non-hydrogen) atoms. The summed E-state index contributed by atoms with van der Waals surface area (Å²) in [6, 6.07) is 11.7. The molecular formula is C18H15ClN2O5S. The fraction of sp³-hybridized carbons (Fsp3) is 0.167. The van der Waals surface area contributed by atoms with Crippen LogP contribution in [0.1, 0.15) is 22.8 Å². The fourth-order valence-electron chi connectivity index (χ4n) is 2.04. The molecular weight excluding hydrogens is 392 g/mol. The average Bonchev–Trinajstić information content (AvgIpc) is 2.61. The second-order valence-electron chi connectivity index (χ2n) is 5.64. The highest BCUT2D eigenvalue weighted by molar-refractivity contribution is 7.90. The Labute approximate surface area is 161 Å². The molecule has 7 nitrogen and oxygen atoms in total. The lowest BCUT2D eigenvalue weighted by Gasteiger charge is -2.14. The van der Waals surface area contributed by atoms with Gasteiger partial charge < -0.3 is 10.1 Å². The van der Waals surface area contributed by atoms with E-state index in [1.165, 1.54) is 43.3 Å². The monoisotopic (exact) mass is 406 g/mol. The summed E-state index contributed by atoms with van der Waals surface area (Å²) >= 11 is 5.94. The van der Waals surface area contributed by atoms with Crippen LogP contribution in [0.2, 0.25) is 5.02 Å². The van der Waals surface area contributed by atoms with Crippen LogP contribution in [0.5, 0.6) is 0 Å². The predicted molar refractivity (Wildman–Crippen MR) is 99.2 cm³/mol. The topological polar surface area (TPSA) is 113 Å². The van der Waals surface area contributed by atoms with E-state index in [0.29, 0.717) is 11.3 Å². The number of carbonyl (C=O) groups excluding carboxylic acids is 2. The van der Waals surface area contributed by atoms with E-state index in [0.717, 1.165) is 12.3 Å². The second kappa shape index (κ2) is 8.20. The first kappa shape index (κ1) is 20.4. The molecule has 1 atom stereocenters. The maximum absolute atomic E-state index is 12.3. The Kier molecular flexibility index (Phi) is 6.20. The molecule has 0 aliphatic carbocycles. The van der Waals surface area contributed by atoms with E-state index < -0.39 is 27.8 Å². The SMILES string of the molecule is C[C@H](OC(=O)c1cc(S(C)(=O)=O)ccc1Cl)C(=O)Nc1ccc(C#N)cc1. The lowest BCUT2D eigenvalue weighted by Crippen LogP contribution is -2.30. The lowest BCUT2D eigenvalue weighted by molar-refractivity contribution is -0.123. The number of ether oxygens (including phenoxy) is 1. The number of carbonyl (C=O) groups is 2. The molecule has 0 aliphatic rings. The number of hydrogen-bond acceptors (Lipinski definition) is 6. The van der Waals surface area contributed by atoms with E-state index in [2.05, 4.69) is 5.32 Å². The maximum Gasteiger partial charge on any atom is 0.340 e. The van der Waals surface area contributed by atoms with Gasteiger partial charge in [-0.3, -0.25) is 4.79 Å². The summed E-state index contributed by atoms with van der Waals surface area (Å²) in [5.41, 5.74) is 0.712. The number of hydrogen-bond donors (Lipinski definition) is 1. The van der Waals surface area contributed by atoms with Crippen molar-refractivity contribution in [3.8, 4) is 6.07 Å². The van der Waals surface area contributed by atoms with Crippen LogP contribution in [0.3, 0.4) is 0 Å². The fourth-order valence-corrected chi connectivity index (χ4v) is 2.88. The molecule has 2 aromatic rings. The highest BCUT2D eigenvalue weighted by Crippen LogP contribution is 2.22. The van der Waals surface area contributed by atoms with Crippen LogP contribution >= 0.6 is 11.6 Å². The minimum absolute atomic E-state index is 0.00657. The molecule has 0 bridgehead atoms. The van der Waals surface area contributed by atoms with E-state index in [1.54, 1.807) is 0 Å². The second-order valence-corrected chi connectivity index (χ2v) is 8.06. The van der Waals surface area contributed by atoms with Crippen molar-refractivity contribution in [3.05, 3.63) is 58.6 Å². The quantitative estimate of drug-likeness (QED) is 0.764. The summed E-state index contributed by atoms with van der Waals surface area (Å²) < 4.78 is 28.3. The third-order valence-electron chi connectivity index (χ3n) is 3.52. The van der Waals surface area contributed by atoms with Crippen molar-refractivity contribution < 1.29 is 22.7 Å². The van der Waals surface area contributed by atoms with Gasteiger partial charge in [-0.25, -0.2) is 13.2 Å². The van der Waals surface area contributed by atoms with Gasteiger partial charge in [-0.1, -0.05) is 11.6 Å². The Morgan fingerprint density at radius 1 is 1.19 bits per heavy atom. The van der Waals surface area contributed by atoms with Gasteiger partial charge in [0.15, 0.2) is 15.9 Å². The van der Waals surface area contributed by atoms with Crippen molar-refractivity contribution in [2.45, 2.75) is 17.9 Å². The molecule has 1 N–H and O–H groups in total. The van der Waals surface area contributed by atoms with Gasteiger partial charge in [-0.15, -0.1) is 0 Å². The Balaban J connectivity index is 2.10. The number of anilines is 1. The molecule has 2 rings (SSSR count). The highest BCUT2D eigenvalue weighted by atomic mass is 35.5. The number of nitriles is 1. The molecule has 1 amide bonds. The number of nitrogens with one attached hydrogen (secondary N) is 1. The summed E-state index contributed by atoms with van der Waals surface area (Å²) in [4.78, 5) is 24.4. The summed E-state index contributed by atoms with van der Waals surface area (Å²) in [7, 11) is -3.54. The van der Waals surface area contributed by atoms with Crippen molar-refractivity contribution in [2.24, 2.45) is 0 Å². The standard InChI is InChI=1S/C18H15ClN2O5S/c1-11(17(22)21-13-5-3-12(10-20)4-6-13)26-18(23)15-9-14(27(2,24)25)7-8-16(15)19/h3-9,11H,1-2H3,(H,21,22)/t11-/m0/s1. The first-order valence-electron chi connectivity index (χ1n) is 7.63. The lowest BCUT2D eigenvalue weighted by atomic mass is 10.2. The molecule has 9 heteroatoms. The van der Waals surface area contributed by atoms with Crippen LogP contribution in [-0.2, 0) is 19.4 Å². The van der Waals surface area contributed by atoms with Gasteiger partial charge in [0.05, 0.1) is 27.1 Å². The van der Waals surface area contributed by atoms with E-state index in [4.69, 9.17) is 21.6 Å². The first-order chi connectivity index (χ1) is 12.6. The highest BCUT2D eigenvalue weighted by Gasteiger charge is 2.22. The van der Waals surface area contributed by atoms with Crippen LogP contribution in [0.25, 0.3) is 0 Å². The minimum Gasteiger partial charge on any atom is -0.449 e. The first-order valence-corrected chi connectivity index (χ1v) is 9.90. The van der Waals surface area contributed by atoms with Gasteiger partial charge in [-0.2, -0.15) is 5.26 Å². The number of nitrogens with zero attached hydrogens (tertiary/aromatic N) is 1. The number of benzene rings is 2. The molecule has 0 fully saturated rings. The van der Waals surface area contributed by atoms with E-state index in [-0.39, 0.29) is 15.5 Å². The van der Waals surface area contributed by atoms with Gasteiger partial charge in [0.2, 0.25) is 0 Å². The molecule has 0 heterocycles. The van der Waals surface area contributed by atoms with E-state index in [9.17, 15) is 18.0 Å². The number of rotatable bonds is 5. The molecule has 2 aromatic carbocycles. The minimum atomic E-state index is -3.54. The number of halogens is 1. The number of amides is 1. The van der Waals surface area contributed by atoms with Gasteiger partial charge in [-0.05, 0) is 49.4 Å². The van der Waals surface area contributed by atoms with Crippen LogP contribution in [0.15, 0.2) is 47.4 Å². The zero-order chi connectivity index (χ0) is 20.2. The molecule has 0 aliphatic heterocycles. The molecule has 0 unspecified atom stereocenters. The van der Waals surface area contributed by atoms with Gasteiger partial charge >= 0.3 is 5.97 Å². The molecule has 0 radical (unpaired) electrons. The zero-order valence-electron chi connectivity index (χ0n) is 14.4. The predicted octanol–water partition coefficient (Wildman–Crippen LogP) is 2.80. The molecule has 140 valence electrons. The van der Waals surface area contributed by atoms with Crippen molar-refractivity contribution in [3.63, 3.8) is 0 Å². The normalized spacial score (nSPS) is 11.9. The van der Waals surface area contributed by atoms with Crippen molar-refractivity contribution in [1.29, 1.82) is 5.26 Å². The number of esters is 1. The zero-order valence-corrected chi connectivity index (χ0v) is 16.0. The Bertz CT molecular complexity index is 1030. The van der Waals surface area contributed by atoms with Crippen molar-refractivity contribution in [2.75, 3.05) is 11.6 Å². The maximum atomic E-state index is 12.3. The molecule has 0 saturated carbocycles. The van der Waals surface area contributed by atoms with Gasteiger partial charge in [0.1, 0.15) is 0 Å². The Morgan fingerprint density at radius 2 is 1.81 bits per heavy atom. The largest absolute Gasteiger partial charge is 0.449 e. The molecule has 0 saturated heterocycles. The average molecular weight is 407 g/mol. The van der Waals surface area contributed by atoms with Crippen LogP contribution in [0.4, 0.5) is 5.69 Å². The van der Waals surface area contributed by atoms with Crippen LogP contribution in [-0.4, -0.2) is 32.7 Å². The Hall–Kier alpha value is -2.89. The number of sulfone groups is 1. The van der Waals surface area contributed by atoms with Crippen molar-refractivity contribution >= 4 is 39.0 Å². The summed E-state index contributed by atoms with van der Waals surface area (Å²) in [5, 5.41) is 11.3. The third-order valence-corrected chi connectivity index (χ3v) is 4.96. The molecule has 0 aromatic heterocycles. The molecule has 0 spiro atoms. The van der Waals surface area contributed by atoms with Gasteiger partial charge in [0, 0.05) is 11.9 Å². The van der Waals surface area contributed by atoms with Crippen molar-refractivity contribution in [1.82, 2.24) is 0 Å². The summed E-state index contributed by atoms with van der Waals surface area (Å²) in [6.45, 7) is 1.37. The van der Waals surface area contributed by atoms with E-state index >= 15 is 0 Å². The van der Waals surface area contributed by atoms with E-state index in [1.807, 2.05) is 6.07 Å². The summed E-state index contributed by atoms with van der Waals surface area (Å²) in [6.07, 6.45) is -0.162.